The van der Waals surface area contributed by atoms with Crippen molar-refractivity contribution in [1.82, 2.24) is 25.5 Å². The zero-order valence-electron chi connectivity index (χ0n) is 14.4. The van der Waals surface area contributed by atoms with Gasteiger partial charge in [0.1, 0.15) is 5.82 Å². The highest BCUT2D eigenvalue weighted by molar-refractivity contribution is 7.97. The number of nitrogens with zero attached hydrogens (tertiary/aromatic N) is 2. The quantitative estimate of drug-likeness (QED) is 0.648. The molecule has 1 aromatic carbocycles. The number of aromatic nitrogens is 2. The number of imidazole rings is 1. The molecule has 1 atom stereocenters. The molecule has 0 aliphatic carbocycles. The third-order valence-electron chi connectivity index (χ3n) is 4.19. The van der Waals surface area contributed by atoms with Gasteiger partial charge in [0.25, 0.3) is 11.8 Å². The van der Waals surface area contributed by atoms with Crippen molar-refractivity contribution in [2.24, 2.45) is 7.05 Å². The Morgan fingerprint density at radius 3 is 2.58 bits per heavy atom. The van der Waals surface area contributed by atoms with Gasteiger partial charge in [-0.2, -0.15) is 11.8 Å². The van der Waals surface area contributed by atoms with Gasteiger partial charge in [-0.05, 0) is 24.0 Å². The van der Waals surface area contributed by atoms with E-state index in [2.05, 4.69) is 20.9 Å². The number of amides is 4. The average Bonchev–Trinajstić information content (AvgIpc) is 3.17. The van der Waals surface area contributed by atoms with E-state index in [0.717, 1.165) is 11.3 Å². The molecule has 0 saturated carbocycles. The van der Waals surface area contributed by atoms with E-state index in [9.17, 15) is 14.4 Å². The molecule has 1 unspecified atom stereocenters. The van der Waals surface area contributed by atoms with Crippen LogP contribution in [0.1, 0.15) is 21.7 Å². The van der Waals surface area contributed by atoms with Crippen molar-refractivity contribution < 1.29 is 14.4 Å². The highest BCUT2D eigenvalue weighted by Crippen LogP contribution is 2.22. The van der Waals surface area contributed by atoms with Gasteiger partial charge in [0.2, 0.25) is 0 Å². The number of urea groups is 1. The van der Waals surface area contributed by atoms with Crippen molar-refractivity contribution in [1.29, 1.82) is 0 Å². The van der Waals surface area contributed by atoms with Gasteiger partial charge in [0.15, 0.2) is 5.54 Å². The summed E-state index contributed by atoms with van der Waals surface area (Å²) in [4.78, 5) is 40.8. The van der Waals surface area contributed by atoms with E-state index >= 15 is 0 Å². The molecular formula is C17H19N5O3S. The summed E-state index contributed by atoms with van der Waals surface area (Å²) in [6.45, 7) is -0.110. The largest absolute Gasteiger partial charge is 0.349 e. The fourth-order valence-corrected chi connectivity index (χ4v) is 3.39. The van der Waals surface area contributed by atoms with Crippen molar-refractivity contribution in [2.75, 3.05) is 12.8 Å². The van der Waals surface area contributed by atoms with E-state index in [1.54, 1.807) is 41.7 Å². The molecule has 26 heavy (non-hydrogen) atoms. The predicted octanol–water partition coefficient (Wildman–Crippen LogP) is 0.748. The molecule has 0 bridgehead atoms. The number of aryl methyl sites for hydroxylation is 1. The molecule has 1 aromatic heterocycles. The number of nitrogens with one attached hydrogen (secondary N) is 3. The molecule has 136 valence electrons. The summed E-state index contributed by atoms with van der Waals surface area (Å²) in [6.07, 6.45) is 5.21. The van der Waals surface area contributed by atoms with Crippen LogP contribution >= 0.6 is 11.8 Å². The Morgan fingerprint density at radius 2 is 2.04 bits per heavy atom. The lowest BCUT2D eigenvalue weighted by Crippen LogP contribution is -2.54. The summed E-state index contributed by atoms with van der Waals surface area (Å²) in [5, 5.41) is 7.53. The molecule has 1 saturated heterocycles. The van der Waals surface area contributed by atoms with Crippen LogP contribution in [0.15, 0.2) is 36.7 Å². The second-order valence-corrected chi connectivity index (χ2v) is 6.85. The SMILES string of the molecule is CSCc1ccc(C(=O)NCC2(c3nccn3C)NC(=O)NC2=O)cc1. The van der Waals surface area contributed by atoms with Crippen molar-refractivity contribution in [2.45, 2.75) is 11.3 Å². The summed E-state index contributed by atoms with van der Waals surface area (Å²) in [7, 11) is 1.72. The summed E-state index contributed by atoms with van der Waals surface area (Å²) in [5.41, 5.74) is 0.166. The molecule has 3 rings (SSSR count). The Balaban J connectivity index is 1.78. The van der Waals surface area contributed by atoms with Crippen LogP contribution in [-0.4, -0.2) is 40.2 Å². The van der Waals surface area contributed by atoms with Gasteiger partial charge < -0.3 is 15.2 Å². The molecule has 4 amide bonds. The lowest BCUT2D eigenvalue weighted by atomic mass is 9.98. The molecule has 0 spiro atoms. The maximum atomic E-state index is 12.5. The van der Waals surface area contributed by atoms with Crippen LogP contribution in [0.5, 0.6) is 0 Å². The molecule has 1 aliphatic rings. The first-order valence-corrected chi connectivity index (χ1v) is 9.33. The van der Waals surface area contributed by atoms with E-state index < -0.39 is 17.5 Å². The van der Waals surface area contributed by atoms with Gasteiger partial charge in [0, 0.05) is 30.8 Å². The third-order valence-corrected chi connectivity index (χ3v) is 4.81. The van der Waals surface area contributed by atoms with Crippen molar-refractivity contribution in [3.8, 4) is 0 Å². The lowest BCUT2D eigenvalue weighted by Gasteiger charge is -2.25. The zero-order valence-corrected chi connectivity index (χ0v) is 15.2. The van der Waals surface area contributed by atoms with Crippen LogP contribution in [0.4, 0.5) is 4.79 Å². The Labute approximate surface area is 154 Å². The monoisotopic (exact) mass is 373 g/mol. The van der Waals surface area contributed by atoms with Crippen LogP contribution in [0.2, 0.25) is 0 Å². The molecule has 2 heterocycles. The van der Waals surface area contributed by atoms with Crippen molar-refractivity contribution in [3.63, 3.8) is 0 Å². The fraction of sp³-hybridized carbons (Fsp3) is 0.294. The molecule has 9 heteroatoms. The molecule has 1 fully saturated rings. The minimum absolute atomic E-state index is 0.110. The molecule has 0 radical (unpaired) electrons. The molecule has 1 aliphatic heterocycles. The van der Waals surface area contributed by atoms with Crippen LogP contribution in [0.3, 0.4) is 0 Å². The first-order valence-electron chi connectivity index (χ1n) is 7.94. The van der Waals surface area contributed by atoms with Gasteiger partial charge in [0.05, 0.1) is 6.54 Å². The van der Waals surface area contributed by atoms with Gasteiger partial charge in [-0.15, -0.1) is 0 Å². The predicted molar refractivity (Wildman–Crippen MR) is 97.6 cm³/mol. The number of thioether (sulfide) groups is 1. The minimum Gasteiger partial charge on any atom is -0.349 e. The third kappa shape index (κ3) is 3.30. The van der Waals surface area contributed by atoms with E-state index in [1.807, 2.05) is 18.4 Å². The second kappa shape index (κ2) is 7.20. The number of imide groups is 1. The number of rotatable bonds is 6. The maximum absolute atomic E-state index is 12.5. The Morgan fingerprint density at radius 1 is 1.31 bits per heavy atom. The van der Waals surface area contributed by atoms with Crippen molar-refractivity contribution in [3.05, 3.63) is 53.6 Å². The van der Waals surface area contributed by atoms with Crippen LogP contribution in [0, 0.1) is 0 Å². The van der Waals surface area contributed by atoms with Crippen LogP contribution in [0.25, 0.3) is 0 Å². The van der Waals surface area contributed by atoms with Gasteiger partial charge in [-0.25, -0.2) is 9.78 Å². The summed E-state index contributed by atoms with van der Waals surface area (Å²) >= 11 is 1.70. The molecular weight excluding hydrogens is 354 g/mol. The summed E-state index contributed by atoms with van der Waals surface area (Å²) < 4.78 is 1.63. The second-order valence-electron chi connectivity index (χ2n) is 5.99. The minimum atomic E-state index is -1.44. The van der Waals surface area contributed by atoms with E-state index in [4.69, 9.17) is 0 Å². The summed E-state index contributed by atoms with van der Waals surface area (Å²) in [6, 6.07) is 6.64. The topological polar surface area (TPSA) is 105 Å². The standard InChI is InChI=1S/C17H19N5O3S/c1-22-8-7-18-14(22)17(15(24)20-16(25)21-17)10-19-13(23)12-5-3-11(4-6-12)9-26-2/h3-8H,9-10H2,1-2H3,(H,19,23)(H2,20,21,24,25). The van der Waals surface area contributed by atoms with Gasteiger partial charge >= 0.3 is 6.03 Å². The molecule has 2 aromatic rings. The smallest absolute Gasteiger partial charge is 0.322 e. The molecule has 3 N–H and O–H groups in total. The first kappa shape index (κ1) is 18.0. The first-order chi connectivity index (χ1) is 12.5. The normalized spacial score (nSPS) is 19.2. The highest BCUT2D eigenvalue weighted by atomic mass is 32.2. The van der Waals surface area contributed by atoms with Gasteiger partial charge in [-0.1, -0.05) is 12.1 Å². The lowest BCUT2D eigenvalue weighted by molar-refractivity contribution is -0.124. The van der Waals surface area contributed by atoms with E-state index in [0.29, 0.717) is 11.4 Å². The van der Waals surface area contributed by atoms with Crippen LogP contribution in [-0.2, 0) is 23.1 Å². The van der Waals surface area contributed by atoms with E-state index in [-0.39, 0.29) is 12.5 Å². The Bertz CT molecular complexity index is 848. The zero-order chi connectivity index (χ0) is 18.7. The summed E-state index contributed by atoms with van der Waals surface area (Å²) in [5.74, 6) is 0.336. The number of benzene rings is 1. The van der Waals surface area contributed by atoms with Gasteiger partial charge in [-0.3, -0.25) is 14.9 Å². The number of carbonyl (C=O) groups excluding carboxylic acids is 3. The number of carbonyl (C=O) groups is 3. The Hall–Kier alpha value is -2.81. The fourth-order valence-electron chi connectivity index (χ4n) is 2.86. The highest BCUT2D eigenvalue weighted by Gasteiger charge is 2.50. The Kier molecular flexibility index (Phi) is 4.99. The number of hydrogen-bond acceptors (Lipinski definition) is 5. The molecule has 8 nitrogen and oxygen atoms in total. The van der Waals surface area contributed by atoms with Crippen molar-refractivity contribution >= 4 is 29.6 Å². The van der Waals surface area contributed by atoms with E-state index in [1.165, 1.54) is 6.20 Å². The maximum Gasteiger partial charge on any atom is 0.322 e. The average molecular weight is 373 g/mol. The number of hydrogen-bond donors (Lipinski definition) is 3. The van der Waals surface area contributed by atoms with Crippen LogP contribution < -0.4 is 16.0 Å².